The molecule has 0 aliphatic carbocycles. The molecule has 0 bridgehead atoms. The molecule has 144 valence electrons. The molecule has 8 nitrogen and oxygen atoms in total. The van der Waals surface area contributed by atoms with Gasteiger partial charge in [0, 0.05) is 19.0 Å². The number of nitrogens with zero attached hydrogens (tertiary/aromatic N) is 3. The quantitative estimate of drug-likeness (QED) is 0.844. The Morgan fingerprint density at radius 3 is 2.54 bits per heavy atom. The van der Waals surface area contributed by atoms with Crippen molar-refractivity contribution in [2.75, 3.05) is 30.4 Å². The largest absolute Gasteiger partial charge is 0.497 e. The van der Waals surface area contributed by atoms with Crippen molar-refractivity contribution in [3.05, 3.63) is 45.7 Å². The number of nitriles is 1. The van der Waals surface area contributed by atoms with Crippen molar-refractivity contribution >= 4 is 17.7 Å². The average Bonchev–Trinajstić information content (AvgIpc) is 2.73. The third kappa shape index (κ3) is 3.09. The fraction of sp³-hybridized carbons (Fsp3) is 0.400. The standard InChI is InChI=1S/C20H21N5O3/c1-28-13-7-5-12(6-8-13)15-14(11-21)18(26)22-17-16(15)19(27)24-20(23-17)25-9-3-2-4-10-25/h5-8,14-15H,2-4,9-10H2,1H3,(H2,22,23,24,26,27)/t14-,15+/m0/s1. The number of H-pyrrole nitrogens is 1. The minimum atomic E-state index is -1.01. The molecular weight excluding hydrogens is 358 g/mol. The summed E-state index contributed by atoms with van der Waals surface area (Å²) in [6.07, 6.45) is 3.24. The Balaban J connectivity index is 1.81. The third-order valence-corrected chi connectivity index (χ3v) is 5.38. The summed E-state index contributed by atoms with van der Waals surface area (Å²) in [5, 5.41) is 12.3. The number of ether oxygens (including phenoxy) is 1. The number of fused-ring (bicyclic) bond motifs is 1. The second-order valence-electron chi connectivity index (χ2n) is 7.05. The van der Waals surface area contributed by atoms with Crippen molar-refractivity contribution in [2.24, 2.45) is 5.92 Å². The molecule has 2 atom stereocenters. The maximum Gasteiger partial charge on any atom is 0.258 e. The number of aromatic nitrogens is 2. The molecule has 1 aromatic heterocycles. The summed E-state index contributed by atoms with van der Waals surface area (Å²) < 4.78 is 5.18. The Bertz CT molecular complexity index is 986. The number of nitrogens with one attached hydrogen (secondary N) is 2. The molecule has 0 radical (unpaired) electrons. The number of anilines is 2. The Morgan fingerprint density at radius 1 is 1.18 bits per heavy atom. The third-order valence-electron chi connectivity index (χ3n) is 5.38. The van der Waals surface area contributed by atoms with Gasteiger partial charge < -0.3 is 15.0 Å². The molecular formula is C20H21N5O3. The predicted molar refractivity (Wildman–Crippen MR) is 103 cm³/mol. The number of methoxy groups -OCH3 is 1. The van der Waals surface area contributed by atoms with Crippen LogP contribution in [0.2, 0.25) is 0 Å². The fourth-order valence-electron chi connectivity index (χ4n) is 3.93. The number of rotatable bonds is 3. The molecule has 2 aliphatic rings. The first-order chi connectivity index (χ1) is 13.6. The molecule has 3 heterocycles. The van der Waals surface area contributed by atoms with E-state index < -0.39 is 17.7 Å². The van der Waals surface area contributed by atoms with Gasteiger partial charge in [0.25, 0.3) is 5.56 Å². The number of carbonyl (C=O) groups excluding carboxylic acids is 1. The van der Waals surface area contributed by atoms with E-state index in [-0.39, 0.29) is 11.4 Å². The number of hydrogen-bond acceptors (Lipinski definition) is 6. The molecule has 0 unspecified atom stereocenters. The summed E-state index contributed by atoms with van der Waals surface area (Å²) in [4.78, 5) is 35.0. The summed E-state index contributed by atoms with van der Waals surface area (Å²) in [6, 6.07) is 9.09. The maximum absolute atomic E-state index is 13.0. The van der Waals surface area contributed by atoms with Gasteiger partial charge in [-0.15, -0.1) is 0 Å². The topological polar surface area (TPSA) is 111 Å². The molecule has 1 amide bonds. The lowest BCUT2D eigenvalue weighted by Crippen LogP contribution is -2.40. The highest BCUT2D eigenvalue weighted by Gasteiger charge is 2.40. The zero-order valence-corrected chi connectivity index (χ0v) is 15.6. The summed E-state index contributed by atoms with van der Waals surface area (Å²) in [7, 11) is 1.56. The molecule has 0 saturated carbocycles. The molecule has 8 heteroatoms. The van der Waals surface area contributed by atoms with Crippen molar-refractivity contribution in [1.82, 2.24) is 9.97 Å². The highest BCUT2D eigenvalue weighted by atomic mass is 16.5. The van der Waals surface area contributed by atoms with E-state index in [0.717, 1.165) is 32.4 Å². The van der Waals surface area contributed by atoms with Crippen molar-refractivity contribution < 1.29 is 9.53 Å². The van der Waals surface area contributed by atoms with Crippen LogP contribution in [0.25, 0.3) is 0 Å². The van der Waals surface area contributed by atoms with E-state index in [9.17, 15) is 14.9 Å². The Kier molecular flexibility index (Phi) is 4.74. The lowest BCUT2D eigenvalue weighted by molar-refractivity contribution is -0.119. The van der Waals surface area contributed by atoms with Gasteiger partial charge in [0.15, 0.2) is 0 Å². The van der Waals surface area contributed by atoms with Crippen LogP contribution in [-0.2, 0) is 4.79 Å². The van der Waals surface area contributed by atoms with Crippen LogP contribution in [0.1, 0.15) is 36.3 Å². The van der Waals surface area contributed by atoms with Crippen LogP contribution < -0.4 is 20.5 Å². The first-order valence-electron chi connectivity index (χ1n) is 9.36. The van der Waals surface area contributed by atoms with E-state index in [1.165, 1.54) is 0 Å². The van der Waals surface area contributed by atoms with E-state index >= 15 is 0 Å². The van der Waals surface area contributed by atoms with Gasteiger partial charge >= 0.3 is 0 Å². The van der Waals surface area contributed by atoms with Gasteiger partial charge in [0.05, 0.1) is 18.7 Å². The molecule has 1 aromatic carbocycles. The van der Waals surface area contributed by atoms with Crippen LogP contribution in [0.5, 0.6) is 5.75 Å². The summed E-state index contributed by atoms with van der Waals surface area (Å²) in [6.45, 7) is 1.64. The van der Waals surface area contributed by atoms with E-state index in [1.54, 1.807) is 31.4 Å². The van der Waals surface area contributed by atoms with Crippen LogP contribution in [-0.4, -0.2) is 36.1 Å². The van der Waals surface area contributed by atoms with Crippen molar-refractivity contribution in [1.29, 1.82) is 5.26 Å². The zero-order chi connectivity index (χ0) is 19.7. The maximum atomic E-state index is 13.0. The van der Waals surface area contributed by atoms with Crippen molar-refractivity contribution in [3.63, 3.8) is 0 Å². The molecule has 2 aliphatic heterocycles. The van der Waals surface area contributed by atoms with Gasteiger partial charge in [-0.3, -0.25) is 14.6 Å². The van der Waals surface area contributed by atoms with Crippen LogP contribution >= 0.6 is 0 Å². The van der Waals surface area contributed by atoms with Gasteiger partial charge in [-0.05, 0) is 37.0 Å². The Labute approximate surface area is 162 Å². The summed E-state index contributed by atoms with van der Waals surface area (Å²) in [5.74, 6) is -0.783. The molecule has 2 N–H and O–H groups in total. The fourth-order valence-corrected chi connectivity index (χ4v) is 3.93. The second-order valence-corrected chi connectivity index (χ2v) is 7.05. The van der Waals surface area contributed by atoms with E-state index in [4.69, 9.17) is 4.74 Å². The Hall–Kier alpha value is -3.34. The highest BCUT2D eigenvalue weighted by Crippen LogP contribution is 2.38. The highest BCUT2D eigenvalue weighted by molar-refractivity contribution is 5.98. The van der Waals surface area contributed by atoms with Gasteiger partial charge in [-0.25, -0.2) is 0 Å². The summed E-state index contributed by atoms with van der Waals surface area (Å²) in [5.41, 5.74) is 0.685. The zero-order valence-electron chi connectivity index (χ0n) is 15.6. The first kappa shape index (κ1) is 18.0. The van der Waals surface area contributed by atoms with Crippen molar-refractivity contribution in [3.8, 4) is 11.8 Å². The van der Waals surface area contributed by atoms with Crippen LogP contribution in [0.15, 0.2) is 29.1 Å². The number of aromatic amines is 1. The first-order valence-corrected chi connectivity index (χ1v) is 9.36. The number of piperidine rings is 1. The number of hydrogen-bond donors (Lipinski definition) is 2. The van der Waals surface area contributed by atoms with Crippen molar-refractivity contribution in [2.45, 2.75) is 25.2 Å². The molecule has 1 saturated heterocycles. The SMILES string of the molecule is COc1ccc([C@H]2c3c(nc(N4CCCCC4)[nH]c3=O)NC(=O)[C@H]2C#N)cc1. The minimum Gasteiger partial charge on any atom is -0.497 e. The lowest BCUT2D eigenvalue weighted by Gasteiger charge is -2.31. The Morgan fingerprint density at radius 2 is 1.89 bits per heavy atom. The number of amides is 1. The van der Waals surface area contributed by atoms with E-state index in [0.29, 0.717) is 22.8 Å². The monoisotopic (exact) mass is 379 g/mol. The molecule has 1 fully saturated rings. The molecule has 28 heavy (non-hydrogen) atoms. The van der Waals surface area contributed by atoms with E-state index in [1.807, 2.05) is 11.0 Å². The molecule has 0 spiro atoms. The number of carbonyl (C=O) groups is 1. The smallest absolute Gasteiger partial charge is 0.258 e. The van der Waals surface area contributed by atoms with E-state index in [2.05, 4.69) is 15.3 Å². The van der Waals surface area contributed by atoms with Gasteiger partial charge in [-0.1, -0.05) is 12.1 Å². The summed E-state index contributed by atoms with van der Waals surface area (Å²) >= 11 is 0. The van der Waals surface area contributed by atoms with Crippen LogP contribution in [0.3, 0.4) is 0 Å². The van der Waals surface area contributed by atoms with Gasteiger partial charge in [0.2, 0.25) is 11.9 Å². The number of benzene rings is 1. The lowest BCUT2D eigenvalue weighted by atomic mass is 9.79. The van der Waals surface area contributed by atoms with Gasteiger partial charge in [-0.2, -0.15) is 10.2 Å². The van der Waals surface area contributed by atoms with Crippen LogP contribution in [0, 0.1) is 17.2 Å². The molecule has 4 rings (SSSR count). The average molecular weight is 379 g/mol. The normalized spacial score (nSPS) is 21.4. The van der Waals surface area contributed by atoms with Gasteiger partial charge in [0.1, 0.15) is 17.5 Å². The predicted octanol–water partition coefficient (Wildman–Crippen LogP) is 1.99. The molecule has 2 aromatic rings. The van der Waals surface area contributed by atoms with Crippen LogP contribution in [0.4, 0.5) is 11.8 Å². The second kappa shape index (κ2) is 7.35. The minimum absolute atomic E-state index is 0.238.